The molecule has 2 N–H and O–H groups in total. The molecule has 1 unspecified atom stereocenters. The molecule has 0 aromatic heterocycles. The Morgan fingerprint density at radius 3 is 2.27 bits per heavy atom. The lowest BCUT2D eigenvalue weighted by molar-refractivity contribution is 0.0100. The van der Waals surface area contributed by atoms with Crippen LogP contribution in [0.25, 0.3) is 0 Å². The van der Waals surface area contributed by atoms with Crippen molar-refractivity contribution in [2.45, 2.75) is 19.4 Å². The van der Waals surface area contributed by atoms with Gasteiger partial charge in [0.05, 0.1) is 6.61 Å². The summed E-state index contributed by atoms with van der Waals surface area (Å²) in [6.07, 6.45) is 0. The van der Waals surface area contributed by atoms with Crippen LogP contribution in [0.1, 0.15) is 19.4 Å². The van der Waals surface area contributed by atoms with E-state index < -0.39 is 5.60 Å². The first-order valence-corrected chi connectivity index (χ1v) is 5.15. The first kappa shape index (κ1) is 12.0. The quantitative estimate of drug-likeness (QED) is 0.805. The summed E-state index contributed by atoms with van der Waals surface area (Å²) < 4.78 is 10.8. The molecule has 0 aliphatic heterocycles. The summed E-state index contributed by atoms with van der Waals surface area (Å²) in [4.78, 5) is 0. The van der Waals surface area contributed by atoms with Crippen molar-refractivity contribution in [3.63, 3.8) is 0 Å². The van der Waals surface area contributed by atoms with E-state index in [0.29, 0.717) is 13.2 Å². The number of nitrogens with two attached hydrogens (primary N) is 1. The van der Waals surface area contributed by atoms with E-state index in [1.54, 1.807) is 7.11 Å². The molecule has 1 aromatic rings. The molecule has 15 heavy (non-hydrogen) atoms. The lowest BCUT2D eigenvalue weighted by Crippen LogP contribution is -2.33. The van der Waals surface area contributed by atoms with E-state index in [2.05, 4.69) is 0 Å². The summed E-state index contributed by atoms with van der Waals surface area (Å²) in [5.41, 5.74) is 6.34. The second-order valence-corrected chi connectivity index (χ2v) is 3.60. The molecule has 3 heteroatoms. The van der Waals surface area contributed by atoms with Crippen LogP contribution in [-0.2, 0) is 10.3 Å². The van der Waals surface area contributed by atoms with Crippen molar-refractivity contribution in [1.29, 1.82) is 0 Å². The fourth-order valence-electron chi connectivity index (χ4n) is 1.39. The molecule has 0 saturated carbocycles. The minimum atomic E-state index is -0.412. The highest BCUT2D eigenvalue weighted by Gasteiger charge is 2.23. The Balaban J connectivity index is 2.87. The molecule has 1 rings (SSSR count). The zero-order valence-electron chi connectivity index (χ0n) is 9.62. The van der Waals surface area contributed by atoms with E-state index in [4.69, 9.17) is 15.2 Å². The van der Waals surface area contributed by atoms with E-state index in [1.807, 2.05) is 38.1 Å². The molecule has 3 nitrogen and oxygen atoms in total. The van der Waals surface area contributed by atoms with Gasteiger partial charge in [-0.15, -0.1) is 0 Å². The van der Waals surface area contributed by atoms with Crippen LogP contribution in [0.2, 0.25) is 0 Å². The van der Waals surface area contributed by atoms with Crippen LogP contribution in [0.3, 0.4) is 0 Å². The fourth-order valence-corrected chi connectivity index (χ4v) is 1.39. The Bertz CT molecular complexity index is 291. The van der Waals surface area contributed by atoms with Crippen molar-refractivity contribution in [2.24, 2.45) is 5.73 Å². The molecule has 1 aromatic carbocycles. The third kappa shape index (κ3) is 2.70. The Morgan fingerprint density at radius 2 is 1.87 bits per heavy atom. The average Bonchev–Trinajstić information content (AvgIpc) is 2.29. The molecular formula is C12H19NO2. The largest absolute Gasteiger partial charge is 0.494 e. The lowest BCUT2D eigenvalue weighted by Gasteiger charge is -2.27. The highest BCUT2D eigenvalue weighted by molar-refractivity contribution is 5.30. The third-order valence-electron chi connectivity index (χ3n) is 2.62. The van der Waals surface area contributed by atoms with Crippen molar-refractivity contribution < 1.29 is 9.47 Å². The molecular weight excluding hydrogens is 190 g/mol. The summed E-state index contributed by atoms with van der Waals surface area (Å²) in [6, 6.07) is 7.85. The predicted molar refractivity (Wildman–Crippen MR) is 61.0 cm³/mol. The van der Waals surface area contributed by atoms with Crippen LogP contribution in [0.5, 0.6) is 5.75 Å². The van der Waals surface area contributed by atoms with Crippen LogP contribution >= 0.6 is 0 Å². The topological polar surface area (TPSA) is 44.5 Å². The van der Waals surface area contributed by atoms with Gasteiger partial charge in [-0.2, -0.15) is 0 Å². The summed E-state index contributed by atoms with van der Waals surface area (Å²) in [5.74, 6) is 0.872. The number of rotatable bonds is 5. The molecule has 84 valence electrons. The summed E-state index contributed by atoms with van der Waals surface area (Å²) in [6.45, 7) is 5.07. The van der Waals surface area contributed by atoms with E-state index in [0.717, 1.165) is 11.3 Å². The minimum Gasteiger partial charge on any atom is -0.494 e. The van der Waals surface area contributed by atoms with Crippen molar-refractivity contribution in [2.75, 3.05) is 20.3 Å². The lowest BCUT2D eigenvalue weighted by atomic mass is 9.96. The normalized spacial score (nSPS) is 14.7. The van der Waals surface area contributed by atoms with Gasteiger partial charge in [0.15, 0.2) is 0 Å². The van der Waals surface area contributed by atoms with Gasteiger partial charge in [0, 0.05) is 13.7 Å². The molecule has 0 bridgehead atoms. The smallest absolute Gasteiger partial charge is 0.119 e. The zero-order chi connectivity index (χ0) is 11.3. The number of methoxy groups -OCH3 is 1. The second kappa shape index (κ2) is 5.14. The van der Waals surface area contributed by atoms with Crippen LogP contribution < -0.4 is 10.5 Å². The maximum absolute atomic E-state index is 5.69. The maximum Gasteiger partial charge on any atom is 0.119 e. The monoisotopic (exact) mass is 209 g/mol. The number of hydrogen-bond donors (Lipinski definition) is 1. The first-order chi connectivity index (χ1) is 7.16. The third-order valence-corrected chi connectivity index (χ3v) is 2.62. The first-order valence-electron chi connectivity index (χ1n) is 5.15. The second-order valence-electron chi connectivity index (χ2n) is 3.60. The summed E-state index contributed by atoms with van der Waals surface area (Å²) >= 11 is 0. The van der Waals surface area contributed by atoms with E-state index in [-0.39, 0.29) is 0 Å². The minimum absolute atomic E-state index is 0.412. The Morgan fingerprint density at radius 1 is 1.27 bits per heavy atom. The van der Waals surface area contributed by atoms with Crippen LogP contribution in [0.4, 0.5) is 0 Å². The summed E-state index contributed by atoms with van der Waals surface area (Å²) in [5, 5.41) is 0. The fraction of sp³-hybridized carbons (Fsp3) is 0.500. The SMILES string of the molecule is CCOc1ccc(C(C)(CN)OC)cc1. The van der Waals surface area contributed by atoms with Crippen LogP contribution in [0, 0.1) is 0 Å². The van der Waals surface area contributed by atoms with Gasteiger partial charge in [-0.3, -0.25) is 0 Å². The standard InChI is InChI=1S/C12H19NO2/c1-4-15-11-7-5-10(6-8-11)12(2,9-13)14-3/h5-8H,4,9,13H2,1-3H3. The maximum atomic E-state index is 5.69. The molecule has 0 heterocycles. The summed E-state index contributed by atoms with van der Waals surface area (Å²) in [7, 11) is 1.67. The molecule has 0 fully saturated rings. The van der Waals surface area contributed by atoms with Gasteiger partial charge in [0.2, 0.25) is 0 Å². The predicted octanol–water partition coefficient (Wildman–Crippen LogP) is 1.91. The van der Waals surface area contributed by atoms with Gasteiger partial charge in [-0.25, -0.2) is 0 Å². The Kier molecular flexibility index (Phi) is 4.12. The molecule has 0 spiro atoms. The Labute approximate surface area is 91.2 Å². The molecule has 0 aliphatic carbocycles. The van der Waals surface area contributed by atoms with Gasteiger partial charge in [-0.05, 0) is 31.5 Å². The van der Waals surface area contributed by atoms with Crippen molar-refractivity contribution in [3.8, 4) is 5.75 Å². The van der Waals surface area contributed by atoms with E-state index in [9.17, 15) is 0 Å². The van der Waals surface area contributed by atoms with Crippen molar-refractivity contribution in [3.05, 3.63) is 29.8 Å². The van der Waals surface area contributed by atoms with Crippen LogP contribution in [0.15, 0.2) is 24.3 Å². The van der Waals surface area contributed by atoms with Gasteiger partial charge in [0.1, 0.15) is 11.4 Å². The van der Waals surface area contributed by atoms with E-state index >= 15 is 0 Å². The van der Waals surface area contributed by atoms with Crippen molar-refractivity contribution >= 4 is 0 Å². The Hall–Kier alpha value is -1.06. The van der Waals surface area contributed by atoms with Gasteiger partial charge in [0.25, 0.3) is 0 Å². The van der Waals surface area contributed by atoms with Gasteiger partial charge >= 0.3 is 0 Å². The number of hydrogen-bond acceptors (Lipinski definition) is 3. The molecule has 1 atom stereocenters. The van der Waals surface area contributed by atoms with Crippen molar-refractivity contribution in [1.82, 2.24) is 0 Å². The highest BCUT2D eigenvalue weighted by Crippen LogP contribution is 2.25. The molecule has 0 saturated heterocycles. The molecule has 0 radical (unpaired) electrons. The number of ether oxygens (including phenoxy) is 2. The van der Waals surface area contributed by atoms with E-state index in [1.165, 1.54) is 0 Å². The average molecular weight is 209 g/mol. The van der Waals surface area contributed by atoms with Crippen LogP contribution in [-0.4, -0.2) is 20.3 Å². The van der Waals surface area contributed by atoms with Gasteiger partial charge in [-0.1, -0.05) is 12.1 Å². The highest BCUT2D eigenvalue weighted by atomic mass is 16.5. The zero-order valence-corrected chi connectivity index (χ0v) is 9.62. The number of benzene rings is 1. The molecule has 0 aliphatic rings. The van der Waals surface area contributed by atoms with Gasteiger partial charge < -0.3 is 15.2 Å². The molecule has 0 amide bonds.